The van der Waals surface area contributed by atoms with E-state index in [4.69, 9.17) is 37.0 Å². The minimum absolute atomic E-state index is 0.102. The van der Waals surface area contributed by atoms with Gasteiger partial charge < -0.3 is 33.8 Å². The molecular formula is C79H150O17P2. The Morgan fingerprint density at radius 3 is 0.745 bits per heavy atom. The van der Waals surface area contributed by atoms with Crippen molar-refractivity contribution >= 4 is 39.5 Å². The minimum atomic E-state index is -4.97. The van der Waals surface area contributed by atoms with Crippen LogP contribution >= 0.6 is 15.6 Å². The summed E-state index contributed by atoms with van der Waals surface area (Å²) in [5.74, 6) is -2.14. The lowest BCUT2D eigenvalue weighted by Crippen LogP contribution is -2.30. The number of aliphatic hydroxyl groups excluding tert-OH is 1. The number of ether oxygens (including phenoxy) is 4. The summed E-state index contributed by atoms with van der Waals surface area (Å²) in [5.41, 5.74) is 0. The molecule has 0 rings (SSSR count). The molecule has 17 nitrogen and oxygen atoms in total. The second kappa shape index (κ2) is 72.9. The molecule has 0 bridgehead atoms. The maximum Gasteiger partial charge on any atom is 0.472 e. The van der Waals surface area contributed by atoms with E-state index in [0.29, 0.717) is 25.7 Å². The van der Waals surface area contributed by atoms with Gasteiger partial charge in [0, 0.05) is 25.7 Å². The molecule has 3 N–H and O–H groups in total. The van der Waals surface area contributed by atoms with Gasteiger partial charge in [-0.25, -0.2) is 9.13 Å². The van der Waals surface area contributed by atoms with E-state index in [-0.39, 0.29) is 25.7 Å². The number of carbonyl (C=O) groups excluding carboxylic acids is 4. The van der Waals surface area contributed by atoms with E-state index >= 15 is 0 Å². The van der Waals surface area contributed by atoms with Gasteiger partial charge in [-0.1, -0.05) is 347 Å². The highest BCUT2D eigenvalue weighted by Crippen LogP contribution is 2.45. The number of hydrogen-bond acceptors (Lipinski definition) is 15. The summed E-state index contributed by atoms with van der Waals surface area (Å²) < 4.78 is 68.5. The van der Waals surface area contributed by atoms with Gasteiger partial charge in [0.05, 0.1) is 26.4 Å². The third-order valence-electron chi connectivity index (χ3n) is 18.0. The number of carbonyl (C=O) groups is 4. The predicted molar refractivity (Wildman–Crippen MR) is 400 cm³/mol. The first-order valence-electron chi connectivity index (χ1n) is 40.6. The van der Waals surface area contributed by atoms with Crippen LogP contribution in [0.4, 0.5) is 0 Å². The van der Waals surface area contributed by atoms with Crippen LogP contribution in [0.25, 0.3) is 0 Å². The Kier molecular flexibility index (Phi) is 71.0. The van der Waals surface area contributed by atoms with E-state index in [9.17, 15) is 43.2 Å². The number of allylic oxidation sites excluding steroid dienone is 4. The fraction of sp³-hybridized carbons (Fsp3) is 0.899. The van der Waals surface area contributed by atoms with E-state index in [1.807, 2.05) is 0 Å². The molecule has 5 atom stereocenters. The molecule has 578 valence electrons. The molecule has 0 amide bonds. The maximum atomic E-state index is 13.1. The van der Waals surface area contributed by atoms with Gasteiger partial charge in [-0.05, 0) is 51.4 Å². The molecule has 0 aromatic carbocycles. The van der Waals surface area contributed by atoms with Gasteiger partial charge in [-0.2, -0.15) is 0 Å². The van der Waals surface area contributed by atoms with Crippen molar-refractivity contribution < 1.29 is 80.2 Å². The van der Waals surface area contributed by atoms with Gasteiger partial charge in [-0.3, -0.25) is 37.3 Å². The molecule has 98 heavy (non-hydrogen) atoms. The molecule has 0 aliphatic heterocycles. The largest absolute Gasteiger partial charge is 0.472 e. The van der Waals surface area contributed by atoms with Crippen LogP contribution in [0.15, 0.2) is 24.3 Å². The van der Waals surface area contributed by atoms with Crippen molar-refractivity contribution in [3.63, 3.8) is 0 Å². The lowest BCUT2D eigenvalue weighted by atomic mass is 10.0. The SMILES string of the molecule is CCCCCC/C=C\C=C/CCCCCCCC(=O)OC[C@H](COP(=O)(O)OC[C@@H](O)COP(=O)(O)OC[C@@H](COC(=O)CCCCCCCCCCCCC)OC(=O)CCCCCCCCCCCCC)OC(=O)CCCCCCCCCCCCCCCCCCCCCCC. The first-order valence-corrected chi connectivity index (χ1v) is 43.6. The number of phosphoric acid groups is 2. The molecule has 2 unspecified atom stereocenters. The summed E-state index contributed by atoms with van der Waals surface area (Å²) in [6, 6.07) is 0. The quantitative estimate of drug-likeness (QED) is 0.0169. The third-order valence-corrected chi connectivity index (χ3v) is 19.9. The summed E-state index contributed by atoms with van der Waals surface area (Å²) in [5, 5.41) is 10.6. The number of esters is 4. The van der Waals surface area contributed by atoms with Crippen LogP contribution in [-0.2, 0) is 65.4 Å². The van der Waals surface area contributed by atoms with Crippen LogP contribution in [-0.4, -0.2) is 96.7 Å². The molecule has 0 saturated carbocycles. The number of rotatable bonds is 78. The smallest absolute Gasteiger partial charge is 0.462 e. The average molecular weight is 1430 g/mol. The number of unbranched alkanes of at least 4 members (excludes halogenated alkanes) is 49. The maximum absolute atomic E-state index is 13.1. The average Bonchev–Trinajstić information content (AvgIpc) is 1.03. The Morgan fingerprint density at radius 1 is 0.286 bits per heavy atom. The van der Waals surface area contributed by atoms with Gasteiger partial charge in [0.15, 0.2) is 12.2 Å². The molecule has 0 aliphatic rings. The van der Waals surface area contributed by atoms with E-state index in [1.165, 1.54) is 212 Å². The van der Waals surface area contributed by atoms with Gasteiger partial charge >= 0.3 is 39.5 Å². The van der Waals surface area contributed by atoms with E-state index in [1.54, 1.807) is 0 Å². The summed E-state index contributed by atoms with van der Waals surface area (Å²) >= 11 is 0. The third kappa shape index (κ3) is 71.9. The number of hydrogen-bond donors (Lipinski definition) is 3. The van der Waals surface area contributed by atoms with Gasteiger partial charge in [0.25, 0.3) is 0 Å². The van der Waals surface area contributed by atoms with Crippen molar-refractivity contribution in [1.29, 1.82) is 0 Å². The number of aliphatic hydroxyl groups is 1. The van der Waals surface area contributed by atoms with Crippen LogP contribution in [0.1, 0.15) is 400 Å². The van der Waals surface area contributed by atoms with Gasteiger partial charge in [0.2, 0.25) is 0 Å². The van der Waals surface area contributed by atoms with Crippen LogP contribution < -0.4 is 0 Å². The Morgan fingerprint density at radius 2 is 0.490 bits per heavy atom. The van der Waals surface area contributed by atoms with E-state index in [0.717, 1.165) is 109 Å². The van der Waals surface area contributed by atoms with Gasteiger partial charge in [-0.15, -0.1) is 0 Å². The second-order valence-electron chi connectivity index (χ2n) is 27.8. The molecule has 0 heterocycles. The summed E-state index contributed by atoms with van der Waals surface area (Å²) in [6.07, 6.45) is 67.4. The van der Waals surface area contributed by atoms with Crippen LogP contribution in [0.5, 0.6) is 0 Å². The highest BCUT2D eigenvalue weighted by molar-refractivity contribution is 7.47. The summed E-state index contributed by atoms with van der Waals surface area (Å²) in [4.78, 5) is 72.9. The standard InChI is InChI=1S/C79H150O17P2/c1-5-9-13-17-21-25-29-31-33-34-35-36-37-38-40-42-46-50-54-58-62-66-79(84)96-75(70-90-77(82)64-60-56-52-48-45-41-39-32-30-26-22-18-14-10-6-2)72-94-98(87,88)92-68-73(80)67-91-97(85,86)93-71-74(95-78(83)65-61-57-53-49-44-28-24-20-16-12-8-4)69-89-76(81)63-59-55-51-47-43-27-23-19-15-11-7-3/h26,30,32,39,73-75,80H,5-25,27-29,31,33-38,40-72H2,1-4H3,(H,85,86)(H,87,88)/b30-26-,39-32-/t73-,74+,75+/m0/s1. The van der Waals surface area contributed by atoms with Crippen LogP contribution in [0.3, 0.4) is 0 Å². The van der Waals surface area contributed by atoms with Crippen LogP contribution in [0, 0.1) is 0 Å². The highest BCUT2D eigenvalue weighted by Gasteiger charge is 2.30. The first kappa shape index (κ1) is 95.5. The van der Waals surface area contributed by atoms with Crippen molar-refractivity contribution in [2.45, 2.75) is 418 Å². The molecule has 0 saturated heterocycles. The molecular weight excluding hydrogens is 1280 g/mol. The van der Waals surface area contributed by atoms with E-state index in [2.05, 4.69) is 52.0 Å². The molecule has 0 spiro atoms. The van der Waals surface area contributed by atoms with E-state index < -0.39 is 97.5 Å². The lowest BCUT2D eigenvalue weighted by Gasteiger charge is -2.21. The Hall–Kier alpha value is -2.46. The van der Waals surface area contributed by atoms with Crippen molar-refractivity contribution in [3.8, 4) is 0 Å². The van der Waals surface area contributed by atoms with Crippen molar-refractivity contribution in [2.75, 3.05) is 39.6 Å². The normalized spacial score (nSPS) is 14.0. The number of phosphoric ester groups is 2. The fourth-order valence-electron chi connectivity index (χ4n) is 11.7. The molecule has 0 aromatic heterocycles. The highest BCUT2D eigenvalue weighted by atomic mass is 31.2. The molecule has 0 fully saturated rings. The predicted octanol–water partition coefficient (Wildman–Crippen LogP) is 23.3. The van der Waals surface area contributed by atoms with Crippen LogP contribution in [0.2, 0.25) is 0 Å². The molecule has 0 aromatic rings. The topological polar surface area (TPSA) is 237 Å². The molecule has 19 heteroatoms. The minimum Gasteiger partial charge on any atom is -0.462 e. The molecule has 0 radical (unpaired) electrons. The Bertz CT molecular complexity index is 1950. The monoisotopic (exact) mass is 1430 g/mol. The van der Waals surface area contributed by atoms with Crippen molar-refractivity contribution in [3.05, 3.63) is 24.3 Å². The Labute approximate surface area is 599 Å². The summed E-state index contributed by atoms with van der Waals surface area (Å²) in [7, 11) is -9.92. The fourth-order valence-corrected chi connectivity index (χ4v) is 13.3. The zero-order valence-corrected chi connectivity index (χ0v) is 65.0. The molecule has 0 aliphatic carbocycles. The zero-order valence-electron chi connectivity index (χ0n) is 63.2. The Balaban J connectivity index is 5.24. The van der Waals surface area contributed by atoms with Gasteiger partial charge in [0.1, 0.15) is 19.3 Å². The lowest BCUT2D eigenvalue weighted by molar-refractivity contribution is -0.161. The van der Waals surface area contributed by atoms with Crippen molar-refractivity contribution in [1.82, 2.24) is 0 Å². The second-order valence-corrected chi connectivity index (χ2v) is 30.7. The zero-order chi connectivity index (χ0) is 71.8. The van der Waals surface area contributed by atoms with Crippen molar-refractivity contribution in [2.24, 2.45) is 0 Å². The first-order chi connectivity index (χ1) is 47.7. The summed E-state index contributed by atoms with van der Waals surface area (Å²) in [6.45, 7) is 4.93.